The molecule has 1 aliphatic heterocycles. The number of benzene rings is 2. The van der Waals surface area contributed by atoms with Gasteiger partial charge < -0.3 is 10.1 Å². The number of amides is 1. The summed E-state index contributed by atoms with van der Waals surface area (Å²) < 4.78 is 5.47. The first kappa shape index (κ1) is 17.8. The molecule has 0 saturated carbocycles. The van der Waals surface area contributed by atoms with Crippen molar-refractivity contribution < 1.29 is 14.3 Å². The number of cyclic esters (lactones) is 1. The number of carbonyl (C=O) groups excluding carboxylic acids is 2. The summed E-state index contributed by atoms with van der Waals surface area (Å²) in [5.41, 5.74) is 0.612. The van der Waals surface area contributed by atoms with Gasteiger partial charge in [0.2, 0.25) is 0 Å². The lowest BCUT2D eigenvalue weighted by molar-refractivity contribution is -0.134. The summed E-state index contributed by atoms with van der Waals surface area (Å²) in [4.78, 5) is 26.1. The van der Waals surface area contributed by atoms with Crippen LogP contribution >= 0.6 is 23.4 Å². The maximum Gasteiger partial charge on any atom is 0.339 e. The van der Waals surface area contributed by atoms with Crippen molar-refractivity contribution in [2.45, 2.75) is 30.8 Å². The fraction of sp³-hybridized carbons (Fsp3) is 0.263. The second kappa shape index (κ2) is 7.10. The molecule has 0 saturated heterocycles. The van der Waals surface area contributed by atoms with Crippen molar-refractivity contribution in [3.05, 3.63) is 58.6 Å². The molecule has 3 rings (SSSR count). The number of fused-ring (bicyclic) bond motifs is 1. The highest BCUT2D eigenvalue weighted by Gasteiger charge is 2.43. The zero-order valence-corrected chi connectivity index (χ0v) is 15.5. The van der Waals surface area contributed by atoms with E-state index in [0.29, 0.717) is 16.3 Å². The van der Waals surface area contributed by atoms with Crippen molar-refractivity contribution in [2.75, 3.05) is 11.1 Å². The maximum absolute atomic E-state index is 12.9. The highest BCUT2D eigenvalue weighted by atomic mass is 35.5. The topological polar surface area (TPSA) is 55.4 Å². The number of nitrogens with one attached hydrogen (secondary N) is 1. The molecule has 0 radical (unpaired) electrons. The van der Waals surface area contributed by atoms with E-state index in [0.717, 1.165) is 16.2 Å². The quantitative estimate of drug-likeness (QED) is 0.628. The molecule has 2 aromatic carbocycles. The Morgan fingerprint density at radius 3 is 2.84 bits per heavy atom. The molecule has 0 bridgehead atoms. The molecule has 0 aliphatic carbocycles. The average molecular weight is 376 g/mol. The monoisotopic (exact) mass is 375 g/mol. The van der Waals surface area contributed by atoms with Crippen LogP contribution in [-0.4, -0.2) is 23.2 Å². The van der Waals surface area contributed by atoms with E-state index < -0.39 is 11.6 Å². The molecule has 1 N–H and O–H groups in total. The van der Waals surface area contributed by atoms with Crippen LogP contribution < -0.4 is 5.32 Å². The minimum Gasteiger partial charge on any atom is -0.445 e. The Morgan fingerprint density at radius 2 is 2.08 bits per heavy atom. The molecule has 1 heterocycles. The first-order valence-corrected chi connectivity index (χ1v) is 9.34. The SMILES string of the molecule is CCSc1ccccc1NC(=O)C1(C)Cc2cc(Cl)ccc2C(=O)O1. The summed E-state index contributed by atoms with van der Waals surface area (Å²) in [5, 5.41) is 3.43. The summed E-state index contributed by atoms with van der Waals surface area (Å²) in [6.07, 6.45) is 0.281. The number of carbonyl (C=O) groups is 2. The van der Waals surface area contributed by atoms with Crippen molar-refractivity contribution in [3.8, 4) is 0 Å². The van der Waals surface area contributed by atoms with Gasteiger partial charge in [-0.25, -0.2) is 4.79 Å². The van der Waals surface area contributed by atoms with Crippen LogP contribution in [0.1, 0.15) is 29.8 Å². The molecular weight excluding hydrogens is 358 g/mol. The van der Waals surface area contributed by atoms with E-state index in [1.54, 1.807) is 36.9 Å². The van der Waals surface area contributed by atoms with E-state index in [9.17, 15) is 9.59 Å². The molecule has 6 heteroatoms. The molecule has 1 aliphatic rings. The lowest BCUT2D eigenvalue weighted by Crippen LogP contribution is -2.49. The Hall–Kier alpha value is -1.98. The molecule has 1 atom stereocenters. The predicted molar refractivity (Wildman–Crippen MR) is 100 cm³/mol. The number of para-hydroxylation sites is 1. The van der Waals surface area contributed by atoms with E-state index in [4.69, 9.17) is 16.3 Å². The lowest BCUT2D eigenvalue weighted by atomic mass is 9.89. The van der Waals surface area contributed by atoms with E-state index in [1.807, 2.05) is 31.2 Å². The number of rotatable bonds is 4. The Balaban J connectivity index is 1.86. The summed E-state index contributed by atoms with van der Waals surface area (Å²) in [6.45, 7) is 3.67. The fourth-order valence-corrected chi connectivity index (χ4v) is 3.75. The standard InChI is InChI=1S/C19H18ClNO3S/c1-3-25-16-7-5-4-6-15(16)21-18(23)19(2)11-12-10-13(20)8-9-14(12)17(22)24-19/h4-10H,3,11H2,1-2H3,(H,21,23). The largest absolute Gasteiger partial charge is 0.445 e. The third-order valence-electron chi connectivity index (χ3n) is 4.05. The van der Waals surface area contributed by atoms with Crippen LogP contribution in [0.25, 0.3) is 0 Å². The van der Waals surface area contributed by atoms with Gasteiger partial charge in [-0.3, -0.25) is 4.79 Å². The van der Waals surface area contributed by atoms with Crippen LogP contribution in [0.4, 0.5) is 5.69 Å². The fourth-order valence-electron chi connectivity index (χ4n) is 2.80. The summed E-state index contributed by atoms with van der Waals surface area (Å²) >= 11 is 7.67. The number of hydrogen-bond acceptors (Lipinski definition) is 4. The third-order valence-corrected chi connectivity index (χ3v) is 5.24. The van der Waals surface area contributed by atoms with Gasteiger partial charge in [-0.15, -0.1) is 11.8 Å². The number of esters is 1. The maximum atomic E-state index is 12.9. The van der Waals surface area contributed by atoms with Crippen molar-refractivity contribution in [3.63, 3.8) is 0 Å². The first-order chi connectivity index (χ1) is 11.9. The van der Waals surface area contributed by atoms with Crippen LogP contribution in [0.15, 0.2) is 47.4 Å². The van der Waals surface area contributed by atoms with Crippen LogP contribution in [0, 0.1) is 0 Å². The molecule has 0 aromatic heterocycles. The normalized spacial score (nSPS) is 19.1. The molecule has 0 fully saturated rings. The molecule has 1 amide bonds. The number of thioether (sulfide) groups is 1. The van der Waals surface area contributed by atoms with Crippen molar-refractivity contribution in [1.82, 2.24) is 0 Å². The van der Waals surface area contributed by atoms with Crippen molar-refractivity contribution >= 4 is 40.9 Å². The van der Waals surface area contributed by atoms with E-state index in [2.05, 4.69) is 5.32 Å². The highest BCUT2D eigenvalue weighted by molar-refractivity contribution is 7.99. The Morgan fingerprint density at radius 1 is 1.32 bits per heavy atom. The second-order valence-corrected chi connectivity index (χ2v) is 7.72. The molecular formula is C19H18ClNO3S. The van der Waals surface area contributed by atoms with Crippen molar-refractivity contribution in [2.24, 2.45) is 0 Å². The predicted octanol–water partition coefficient (Wildman–Crippen LogP) is 4.56. The van der Waals surface area contributed by atoms with Gasteiger partial charge in [0.25, 0.3) is 5.91 Å². The zero-order valence-electron chi connectivity index (χ0n) is 14.0. The Bertz CT molecular complexity index is 839. The van der Waals surface area contributed by atoms with Gasteiger partial charge in [-0.2, -0.15) is 0 Å². The summed E-state index contributed by atoms with van der Waals surface area (Å²) in [7, 11) is 0. The lowest BCUT2D eigenvalue weighted by Gasteiger charge is -2.33. The molecule has 0 spiro atoms. The molecule has 130 valence electrons. The van der Waals surface area contributed by atoms with Gasteiger partial charge in [0.1, 0.15) is 0 Å². The summed E-state index contributed by atoms with van der Waals surface area (Å²) in [6, 6.07) is 12.6. The second-order valence-electron chi connectivity index (χ2n) is 5.98. The third kappa shape index (κ3) is 3.67. The first-order valence-electron chi connectivity index (χ1n) is 7.98. The van der Waals surface area contributed by atoms with Gasteiger partial charge in [0, 0.05) is 16.3 Å². The number of anilines is 1. The van der Waals surface area contributed by atoms with Gasteiger partial charge >= 0.3 is 5.97 Å². The van der Waals surface area contributed by atoms with Gasteiger partial charge in [-0.05, 0) is 48.6 Å². The number of ether oxygens (including phenoxy) is 1. The number of halogens is 1. The molecule has 4 nitrogen and oxygen atoms in total. The zero-order chi connectivity index (χ0) is 18.0. The number of hydrogen-bond donors (Lipinski definition) is 1. The van der Waals surface area contributed by atoms with E-state index in [1.165, 1.54) is 0 Å². The molecule has 25 heavy (non-hydrogen) atoms. The van der Waals surface area contributed by atoms with Crippen molar-refractivity contribution in [1.29, 1.82) is 0 Å². The Labute approximate surface area is 155 Å². The van der Waals surface area contributed by atoms with Crippen LogP contribution in [0.2, 0.25) is 5.02 Å². The molecule has 1 unspecified atom stereocenters. The van der Waals surface area contributed by atoms with Crippen LogP contribution in [-0.2, 0) is 16.0 Å². The van der Waals surface area contributed by atoms with Crippen LogP contribution in [0.5, 0.6) is 0 Å². The summed E-state index contributed by atoms with van der Waals surface area (Å²) in [5.74, 6) is 0.0350. The molecule has 2 aromatic rings. The van der Waals surface area contributed by atoms with E-state index >= 15 is 0 Å². The average Bonchev–Trinajstić information content (AvgIpc) is 2.56. The minimum atomic E-state index is -1.28. The van der Waals surface area contributed by atoms with Gasteiger partial charge in [0.05, 0.1) is 11.3 Å². The minimum absolute atomic E-state index is 0.281. The highest BCUT2D eigenvalue weighted by Crippen LogP contribution is 2.32. The van der Waals surface area contributed by atoms with Gasteiger partial charge in [0.15, 0.2) is 5.60 Å². The Kier molecular flexibility index (Phi) is 5.06. The van der Waals surface area contributed by atoms with Gasteiger partial charge in [-0.1, -0.05) is 30.7 Å². The van der Waals surface area contributed by atoms with E-state index in [-0.39, 0.29) is 12.3 Å². The smallest absolute Gasteiger partial charge is 0.339 e. The van der Waals surface area contributed by atoms with Crippen LogP contribution in [0.3, 0.4) is 0 Å².